The summed E-state index contributed by atoms with van der Waals surface area (Å²) in [6, 6.07) is 7.89. The van der Waals surface area contributed by atoms with Crippen molar-refractivity contribution in [2.45, 2.75) is 25.1 Å². The highest BCUT2D eigenvalue weighted by Crippen LogP contribution is 2.33. The van der Waals surface area contributed by atoms with Gasteiger partial charge in [0.25, 0.3) is 12.3 Å². The number of carbonyl (C=O) groups excluding carboxylic acids is 1. The predicted molar refractivity (Wildman–Crippen MR) is 121 cm³/mol. The molecule has 2 unspecified atom stereocenters. The maximum Gasteiger partial charge on any atom is 0.264 e. The normalized spacial score (nSPS) is 15.7. The molecule has 0 saturated heterocycles. The molecule has 0 aliphatic carbocycles. The van der Waals surface area contributed by atoms with Gasteiger partial charge in [-0.05, 0) is 42.2 Å². The van der Waals surface area contributed by atoms with E-state index in [9.17, 15) is 23.1 Å². The zero-order chi connectivity index (χ0) is 28.7. The number of hydrogen-bond donors (Lipinski definition) is 3. The lowest BCUT2D eigenvalue weighted by Crippen LogP contribution is -2.42. The van der Waals surface area contributed by atoms with E-state index in [2.05, 4.69) is 10.1 Å². The van der Waals surface area contributed by atoms with Crippen LogP contribution in [0.4, 0.5) is 27.9 Å². The number of amides is 1. The molecular formula is C24H20F5N5O2. The van der Waals surface area contributed by atoms with Gasteiger partial charge in [-0.1, -0.05) is 24.3 Å². The number of fused-ring (bicyclic) bond motifs is 1. The minimum Gasteiger partial charge on any atom is -0.382 e. The number of halogens is 5. The van der Waals surface area contributed by atoms with Gasteiger partial charge in [-0.3, -0.25) is 4.79 Å². The van der Waals surface area contributed by atoms with Crippen molar-refractivity contribution in [1.29, 1.82) is 0 Å². The lowest BCUT2D eigenvalue weighted by Gasteiger charge is -2.28. The van der Waals surface area contributed by atoms with Crippen LogP contribution in [0.15, 0.2) is 54.7 Å². The topological polar surface area (TPSA) is 106 Å². The third kappa shape index (κ3) is 4.71. The summed E-state index contributed by atoms with van der Waals surface area (Å²) in [6.45, 7) is -4.60. The molecule has 0 spiro atoms. The van der Waals surface area contributed by atoms with Crippen LogP contribution < -0.4 is 11.1 Å². The number of aromatic nitrogens is 3. The molecule has 0 fully saturated rings. The van der Waals surface area contributed by atoms with Crippen molar-refractivity contribution in [3.05, 3.63) is 83.1 Å². The van der Waals surface area contributed by atoms with E-state index in [0.29, 0.717) is 0 Å². The van der Waals surface area contributed by atoms with E-state index in [0.717, 1.165) is 36.4 Å². The van der Waals surface area contributed by atoms with Crippen molar-refractivity contribution in [2.75, 3.05) is 12.3 Å². The van der Waals surface area contributed by atoms with E-state index >= 15 is 8.78 Å². The second-order valence-electron chi connectivity index (χ2n) is 7.83. The van der Waals surface area contributed by atoms with Crippen LogP contribution in [0.2, 0.25) is 0 Å². The summed E-state index contributed by atoms with van der Waals surface area (Å²) >= 11 is 0. The van der Waals surface area contributed by atoms with Crippen molar-refractivity contribution in [1.82, 2.24) is 19.9 Å². The van der Waals surface area contributed by atoms with Gasteiger partial charge < -0.3 is 16.2 Å². The zero-order valence-corrected chi connectivity index (χ0v) is 18.2. The van der Waals surface area contributed by atoms with Crippen LogP contribution in [-0.2, 0) is 5.60 Å². The summed E-state index contributed by atoms with van der Waals surface area (Å²) in [7, 11) is 0. The third-order valence-electron chi connectivity index (χ3n) is 5.48. The average molecular weight is 508 g/mol. The predicted octanol–water partition coefficient (Wildman–Crippen LogP) is 4.17. The molecule has 2 atom stereocenters. The lowest BCUT2D eigenvalue weighted by atomic mass is 9.91. The first kappa shape index (κ1) is 21.2. The molecular weight excluding hydrogens is 485 g/mol. The van der Waals surface area contributed by atoms with Gasteiger partial charge in [0.15, 0.2) is 5.65 Å². The fourth-order valence-corrected chi connectivity index (χ4v) is 3.60. The van der Waals surface area contributed by atoms with Gasteiger partial charge in [-0.15, -0.1) is 5.10 Å². The summed E-state index contributed by atoms with van der Waals surface area (Å²) in [5, 5.41) is 16.6. The van der Waals surface area contributed by atoms with E-state index in [-0.39, 0.29) is 22.7 Å². The Kier molecular flexibility index (Phi) is 5.62. The van der Waals surface area contributed by atoms with Crippen molar-refractivity contribution >= 4 is 17.5 Å². The number of hydrogen-bond acceptors (Lipinski definition) is 5. The first-order valence-electron chi connectivity index (χ1n) is 11.9. The Morgan fingerprint density at radius 3 is 2.58 bits per heavy atom. The Morgan fingerprint density at radius 2 is 1.92 bits per heavy atom. The summed E-state index contributed by atoms with van der Waals surface area (Å²) in [5.74, 6) is -3.69. The number of pyridine rings is 1. The molecule has 1 amide bonds. The Bertz CT molecular complexity index is 1530. The fourth-order valence-electron chi connectivity index (χ4n) is 3.60. The molecule has 7 nitrogen and oxygen atoms in total. The number of anilines is 1. The van der Waals surface area contributed by atoms with E-state index in [1.165, 1.54) is 22.8 Å². The molecule has 4 rings (SSSR count). The minimum atomic E-state index is -3.39. The second kappa shape index (κ2) is 9.53. The molecule has 2 heterocycles. The fraction of sp³-hybridized carbons (Fsp3) is 0.208. The monoisotopic (exact) mass is 508 g/mol. The molecule has 4 N–H and O–H groups in total. The number of nitrogens with zero attached hydrogens (tertiary/aromatic N) is 3. The first-order chi connectivity index (χ1) is 18.2. The third-order valence-corrected chi connectivity index (χ3v) is 5.48. The van der Waals surface area contributed by atoms with Crippen molar-refractivity contribution in [3.8, 4) is 11.1 Å². The zero-order valence-electron chi connectivity index (χ0n) is 21.2. The Morgan fingerprint density at radius 1 is 1.19 bits per heavy atom. The summed E-state index contributed by atoms with van der Waals surface area (Å²) in [4.78, 5) is 16.8. The van der Waals surface area contributed by atoms with Gasteiger partial charge in [0, 0.05) is 21.4 Å². The maximum atomic E-state index is 15.6. The Balaban J connectivity index is 1.67. The summed E-state index contributed by atoms with van der Waals surface area (Å²) in [5.41, 5.74) is -0.223. The van der Waals surface area contributed by atoms with Crippen LogP contribution in [0.25, 0.3) is 16.8 Å². The molecule has 0 bridgehead atoms. The molecule has 2 aromatic carbocycles. The average Bonchev–Trinajstić information content (AvgIpc) is 3.25. The van der Waals surface area contributed by atoms with Gasteiger partial charge in [-0.25, -0.2) is 26.5 Å². The van der Waals surface area contributed by atoms with E-state index in [1.807, 2.05) is 5.32 Å². The van der Waals surface area contributed by atoms with Crippen LogP contribution in [0.5, 0.6) is 0 Å². The van der Waals surface area contributed by atoms with Crippen LogP contribution in [-0.4, -0.2) is 38.3 Å². The highest BCUT2D eigenvalue weighted by Gasteiger charge is 2.35. The molecule has 12 heteroatoms. The van der Waals surface area contributed by atoms with Gasteiger partial charge in [0.2, 0.25) is 5.95 Å². The smallest absolute Gasteiger partial charge is 0.264 e. The number of nitrogens with two attached hydrogens (primary N) is 1. The number of nitrogen functional groups attached to an aromatic ring is 1. The van der Waals surface area contributed by atoms with Crippen LogP contribution in [0, 0.1) is 11.6 Å². The van der Waals surface area contributed by atoms with Crippen molar-refractivity contribution in [2.24, 2.45) is 0 Å². The molecule has 2 aromatic heterocycles. The summed E-state index contributed by atoms with van der Waals surface area (Å²) < 4.78 is 95.7. The number of benzene rings is 2. The largest absolute Gasteiger partial charge is 0.382 e. The summed E-state index contributed by atoms with van der Waals surface area (Å²) in [6.07, 6.45) is -4.65. The standard InChI is InChI=1S/C24H20F5N5O2/c1-24(36,13-2-4-14(25)5-3-13)17(26)11-31-22(35)19-16(21(28)29)7-6-15(20(19)27)12-8-9-34-18(10-12)32-23(30)33-34/h2-10,17,21,36H,11H2,1H3,(H2,30,33)(H,31,35)/i1D3. The molecule has 0 radical (unpaired) electrons. The van der Waals surface area contributed by atoms with Gasteiger partial charge in [-0.2, -0.15) is 4.98 Å². The number of nitrogens with one attached hydrogen (secondary N) is 1. The number of alkyl halides is 3. The van der Waals surface area contributed by atoms with E-state index < -0.39 is 65.8 Å². The van der Waals surface area contributed by atoms with Crippen molar-refractivity contribution in [3.63, 3.8) is 0 Å². The van der Waals surface area contributed by atoms with Crippen LogP contribution in [0.3, 0.4) is 0 Å². The SMILES string of the molecule is [2H]C([2H])([2H])C(O)(c1ccc(F)cc1)C(F)CNC(=O)c1c(C(F)F)ccc(-c2ccn3nc(N)nc3c2)c1F. The van der Waals surface area contributed by atoms with Crippen LogP contribution in [0.1, 0.15) is 38.9 Å². The van der Waals surface area contributed by atoms with Gasteiger partial charge in [0.05, 0.1) is 12.1 Å². The second-order valence-corrected chi connectivity index (χ2v) is 7.83. The first-order valence-corrected chi connectivity index (χ1v) is 10.4. The molecule has 0 saturated carbocycles. The Labute approximate surface area is 205 Å². The molecule has 188 valence electrons. The molecule has 0 aliphatic heterocycles. The molecule has 36 heavy (non-hydrogen) atoms. The lowest BCUT2D eigenvalue weighted by molar-refractivity contribution is -0.0230. The highest BCUT2D eigenvalue weighted by atomic mass is 19.3. The number of carbonyl (C=O) groups is 1. The number of aliphatic hydroxyl groups is 1. The van der Waals surface area contributed by atoms with Gasteiger partial charge >= 0.3 is 0 Å². The minimum absolute atomic E-state index is 0.0702. The molecule has 0 aliphatic rings. The van der Waals surface area contributed by atoms with Crippen molar-refractivity contribution < 1.29 is 36.0 Å². The quantitative estimate of drug-likeness (QED) is 0.325. The van der Waals surface area contributed by atoms with E-state index in [4.69, 9.17) is 9.85 Å². The van der Waals surface area contributed by atoms with Crippen LogP contribution >= 0.6 is 0 Å². The van der Waals surface area contributed by atoms with Gasteiger partial charge in [0.1, 0.15) is 23.4 Å². The van der Waals surface area contributed by atoms with E-state index in [1.54, 1.807) is 0 Å². The molecule has 4 aromatic rings. The maximum absolute atomic E-state index is 15.6. The number of rotatable bonds is 7. The highest BCUT2D eigenvalue weighted by molar-refractivity contribution is 5.97. The Hall–Kier alpha value is -4.06.